The van der Waals surface area contributed by atoms with Gasteiger partial charge in [0.25, 0.3) is 0 Å². The molecule has 1 aliphatic rings. The zero-order chi connectivity index (χ0) is 15.6. The number of halogens is 1. The third-order valence-electron chi connectivity index (χ3n) is 3.41. The molecule has 116 valence electrons. The molecule has 1 aliphatic heterocycles. The first kappa shape index (κ1) is 15.7. The number of amides is 1. The van der Waals surface area contributed by atoms with E-state index in [0.717, 1.165) is 0 Å². The summed E-state index contributed by atoms with van der Waals surface area (Å²) in [6.45, 7) is 0.294. The van der Waals surface area contributed by atoms with Crippen LogP contribution in [0.4, 0.5) is 4.39 Å². The summed E-state index contributed by atoms with van der Waals surface area (Å²) in [6, 6.07) is 4.42. The zero-order valence-electron chi connectivity index (χ0n) is 11.6. The predicted octanol–water partition coefficient (Wildman–Crippen LogP) is 0.471. The Morgan fingerprint density at radius 1 is 1.48 bits per heavy atom. The van der Waals surface area contributed by atoms with E-state index in [4.69, 9.17) is 9.88 Å². The molecule has 1 aromatic carbocycles. The van der Waals surface area contributed by atoms with Crippen LogP contribution >= 0.6 is 0 Å². The molecule has 2 N–H and O–H groups in total. The highest BCUT2D eigenvalue weighted by Gasteiger charge is 2.32. The maximum absolute atomic E-state index is 13.9. The second-order valence-corrected chi connectivity index (χ2v) is 6.75. The maximum Gasteiger partial charge on any atom is 0.223 e. The normalized spacial score (nSPS) is 19.1. The Balaban J connectivity index is 2.12. The standard InChI is InChI=1S/C13H17FN2O4S/c1-20-12-4-2-3-11(14)10(12)7-16-6-9(5-13(16)17)8-21(15,18)19/h2-4,9H,5-8H2,1H3,(H2,15,18,19). The summed E-state index contributed by atoms with van der Waals surface area (Å²) in [5, 5.41) is 4.99. The third kappa shape index (κ3) is 3.92. The van der Waals surface area contributed by atoms with Crippen molar-refractivity contribution in [2.75, 3.05) is 19.4 Å². The number of hydrogen-bond donors (Lipinski definition) is 1. The molecule has 1 unspecified atom stereocenters. The molecule has 1 aromatic rings. The second kappa shape index (κ2) is 5.98. The minimum atomic E-state index is -3.63. The Labute approximate surface area is 122 Å². The second-order valence-electron chi connectivity index (χ2n) is 5.09. The number of primary sulfonamides is 1. The number of benzene rings is 1. The molecule has 2 rings (SSSR count). The summed E-state index contributed by atoms with van der Waals surface area (Å²) in [7, 11) is -2.20. The van der Waals surface area contributed by atoms with Crippen LogP contribution in [0.25, 0.3) is 0 Å². The molecule has 0 radical (unpaired) electrons. The minimum Gasteiger partial charge on any atom is -0.496 e. The van der Waals surface area contributed by atoms with Crippen molar-refractivity contribution in [3.63, 3.8) is 0 Å². The van der Waals surface area contributed by atoms with Crippen molar-refractivity contribution in [2.24, 2.45) is 11.1 Å². The third-order valence-corrected chi connectivity index (χ3v) is 4.34. The van der Waals surface area contributed by atoms with Crippen LogP contribution in [-0.4, -0.2) is 38.6 Å². The number of hydrogen-bond acceptors (Lipinski definition) is 4. The molecule has 1 saturated heterocycles. The van der Waals surface area contributed by atoms with Gasteiger partial charge in [-0.1, -0.05) is 6.07 Å². The minimum absolute atomic E-state index is 0.0514. The summed E-state index contributed by atoms with van der Waals surface area (Å²) < 4.78 is 41.1. The molecule has 0 spiro atoms. The van der Waals surface area contributed by atoms with Crippen molar-refractivity contribution in [3.05, 3.63) is 29.6 Å². The quantitative estimate of drug-likeness (QED) is 0.855. The summed E-state index contributed by atoms with van der Waals surface area (Å²) in [6.07, 6.45) is 0.104. The van der Waals surface area contributed by atoms with Crippen LogP contribution in [0.3, 0.4) is 0 Å². The average molecular weight is 316 g/mol. The zero-order valence-corrected chi connectivity index (χ0v) is 12.4. The number of carbonyl (C=O) groups excluding carboxylic acids is 1. The number of methoxy groups -OCH3 is 1. The van der Waals surface area contributed by atoms with E-state index < -0.39 is 15.8 Å². The summed E-state index contributed by atoms with van der Waals surface area (Å²) in [4.78, 5) is 13.3. The van der Waals surface area contributed by atoms with Crippen LogP contribution in [-0.2, 0) is 21.4 Å². The Morgan fingerprint density at radius 2 is 2.19 bits per heavy atom. The average Bonchev–Trinajstić information content (AvgIpc) is 2.69. The van der Waals surface area contributed by atoms with E-state index in [2.05, 4.69) is 0 Å². The highest BCUT2D eigenvalue weighted by molar-refractivity contribution is 7.89. The number of nitrogens with zero attached hydrogens (tertiary/aromatic N) is 1. The summed E-state index contributed by atoms with van der Waals surface area (Å²) >= 11 is 0. The molecule has 21 heavy (non-hydrogen) atoms. The van der Waals surface area contributed by atoms with E-state index in [9.17, 15) is 17.6 Å². The Morgan fingerprint density at radius 3 is 2.81 bits per heavy atom. The van der Waals surface area contributed by atoms with E-state index in [1.807, 2.05) is 0 Å². The van der Waals surface area contributed by atoms with Gasteiger partial charge >= 0.3 is 0 Å². The van der Waals surface area contributed by atoms with Crippen LogP contribution in [0.2, 0.25) is 0 Å². The van der Waals surface area contributed by atoms with Gasteiger partial charge in [0.2, 0.25) is 15.9 Å². The fourth-order valence-electron chi connectivity index (χ4n) is 2.52. The van der Waals surface area contributed by atoms with Crippen LogP contribution in [0.5, 0.6) is 5.75 Å². The molecule has 1 fully saturated rings. The summed E-state index contributed by atoms with van der Waals surface area (Å²) in [5.41, 5.74) is 0.282. The Hall–Kier alpha value is -1.67. The van der Waals surface area contributed by atoms with Gasteiger partial charge in [-0.15, -0.1) is 0 Å². The molecule has 0 aromatic heterocycles. The largest absolute Gasteiger partial charge is 0.496 e. The monoisotopic (exact) mass is 316 g/mol. The first-order chi connectivity index (χ1) is 9.80. The van der Waals surface area contributed by atoms with Gasteiger partial charge < -0.3 is 9.64 Å². The van der Waals surface area contributed by atoms with Crippen LogP contribution in [0.1, 0.15) is 12.0 Å². The van der Waals surface area contributed by atoms with Gasteiger partial charge in [0, 0.05) is 24.4 Å². The molecule has 0 aliphatic carbocycles. The molecular weight excluding hydrogens is 299 g/mol. The van der Waals surface area contributed by atoms with Gasteiger partial charge in [-0.05, 0) is 12.1 Å². The molecule has 1 amide bonds. The van der Waals surface area contributed by atoms with Crippen molar-refractivity contribution in [3.8, 4) is 5.75 Å². The fraction of sp³-hybridized carbons (Fsp3) is 0.462. The van der Waals surface area contributed by atoms with Gasteiger partial charge in [0.15, 0.2) is 0 Å². The lowest BCUT2D eigenvalue weighted by Crippen LogP contribution is -2.27. The topological polar surface area (TPSA) is 89.7 Å². The van der Waals surface area contributed by atoms with Crippen molar-refractivity contribution >= 4 is 15.9 Å². The van der Waals surface area contributed by atoms with Crippen molar-refractivity contribution in [2.45, 2.75) is 13.0 Å². The van der Waals surface area contributed by atoms with E-state index in [0.29, 0.717) is 5.75 Å². The van der Waals surface area contributed by atoms with Gasteiger partial charge in [0.05, 0.1) is 19.4 Å². The van der Waals surface area contributed by atoms with Crippen LogP contribution in [0.15, 0.2) is 18.2 Å². The Kier molecular flexibility index (Phi) is 4.48. The number of likely N-dealkylation sites (tertiary alicyclic amines) is 1. The van der Waals surface area contributed by atoms with Gasteiger partial charge in [0.1, 0.15) is 11.6 Å². The van der Waals surface area contributed by atoms with Gasteiger partial charge in [-0.3, -0.25) is 4.79 Å². The summed E-state index contributed by atoms with van der Waals surface area (Å²) in [5.74, 6) is -0.919. The highest BCUT2D eigenvalue weighted by atomic mass is 32.2. The molecule has 0 bridgehead atoms. The lowest BCUT2D eigenvalue weighted by atomic mass is 10.1. The van der Waals surface area contributed by atoms with Crippen LogP contribution < -0.4 is 9.88 Å². The molecule has 1 heterocycles. The SMILES string of the molecule is COc1cccc(F)c1CN1CC(CS(N)(=O)=O)CC1=O. The van der Waals surface area contributed by atoms with E-state index >= 15 is 0 Å². The number of nitrogens with two attached hydrogens (primary N) is 1. The van der Waals surface area contributed by atoms with Crippen molar-refractivity contribution in [1.29, 1.82) is 0 Å². The number of carbonyl (C=O) groups is 1. The fourth-order valence-corrected chi connectivity index (χ4v) is 3.40. The number of sulfonamides is 1. The lowest BCUT2D eigenvalue weighted by molar-refractivity contribution is -0.128. The van der Waals surface area contributed by atoms with E-state index in [1.165, 1.54) is 24.1 Å². The van der Waals surface area contributed by atoms with Crippen LogP contribution in [0, 0.1) is 11.7 Å². The molecular formula is C13H17FN2O4S. The maximum atomic E-state index is 13.9. The lowest BCUT2D eigenvalue weighted by Gasteiger charge is -2.18. The molecule has 8 heteroatoms. The van der Waals surface area contributed by atoms with Crippen molar-refractivity contribution < 1.29 is 22.3 Å². The van der Waals surface area contributed by atoms with E-state index in [1.54, 1.807) is 6.07 Å². The smallest absolute Gasteiger partial charge is 0.223 e. The number of ether oxygens (including phenoxy) is 1. The van der Waals surface area contributed by atoms with Crippen molar-refractivity contribution in [1.82, 2.24) is 4.90 Å². The van der Waals surface area contributed by atoms with Gasteiger partial charge in [-0.25, -0.2) is 17.9 Å². The predicted molar refractivity (Wildman–Crippen MR) is 74.5 cm³/mol. The number of rotatable bonds is 5. The first-order valence-corrected chi connectivity index (χ1v) is 8.11. The molecule has 6 nitrogen and oxygen atoms in total. The van der Waals surface area contributed by atoms with E-state index in [-0.39, 0.29) is 42.7 Å². The first-order valence-electron chi connectivity index (χ1n) is 6.40. The molecule has 0 saturated carbocycles. The van der Waals surface area contributed by atoms with Gasteiger partial charge in [-0.2, -0.15) is 0 Å². The highest BCUT2D eigenvalue weighted by Crippen LogP contribution is 2.27. The Bertz CT molecular complexity index is 648. The molecule has 1 atom stereocenters.